The minimum Gasteiger partial charge on any atom is -0.494 e. The summed E-state index contributed by atoms with van der Waals surface area (Å²) in [6.07, 6.45) is 9.03. The van der Waals surface area contributed by atoms with E-state index in [0.717, 1.165) is 47.1 Å². The van der Waals surface area contributed by atoms with Gasteiger partial charge in [-0.15, -0.1) is 0 Å². The van der Waals surface area contributed by atoms with Crippen molar-refractivity contribution in [3.8, 4) is 17.2 Å². The number of hydrogen-bond donors (Lipinski definition) is 1. The van der Waals surface area contributed by atoms with Crippen molar-refractivity contribution < 1.29 is 9.47 Å². The van der Waals surface area contributed by atoms with Gasteiger partial charge in [-0.2, -0.15) is 0 Å². The van der Waals surface area contributed by atoms with Gasteiger partial charge in [-0.3, -0.25) is 4.98 Å². The molecule has 2 aromatic carbocycles. The summed E-state index contributed by atoms with van der Waals surface area (Å²) in [5, 5.41) is 4.24. The van der Waals surface area contributed by atoms with E-state index in [0.29, 0.717) is 17.8 Å². The topological polar surface area (TPSA) is 51.5 Å². The first-order valence-corrected chi connectivity index (χ1v) is 13.8. The first-order valence-electron chi connectivity index (χ1n) is 13.4. The lowest BCUT2D eigenvalue weighted by molar-refractivity contribution is 0.210. The fourth-order valence-electron chi connectivity index (χ4n) is 5.56. The fraction of sp³-hybridized carbons (Fsp3) is 0.290. The van der Waals surface area contributed by atoms with Gasteiger partial charge < -0.3 is 24.3 Å². The van der Waals surface area contributed by atoms with Gasteiger partial charge in [-0.25, -0.2) is 0 Å². The molecule has 0 unspecified atom stereocenters. The third kappa shape index (κ3) is 4.86. The maximum absolute atomic E-state index is 6.22. The molecule has 6 rings (SSSR count). The van der Waals surface area contributed by atoms with Gasteiger partial charge in [0, 0.05) is 29.5 Å². The molecule has 4 aromatic rings. The van der Waals surface area contributed by atoms with E-state index < -0.39 is 0 Å². The summed E-state index contributed by atoms with van der Waals surface area (Å²) in [5.74, 6) is 1.77. The lowest BCUT2D eigenvalue weighted by Gasteiger charge is -2.29. The van der Waals surface area contributed by atoms with E-state index in [4.69, 9.17) is 26.7 Å². The number of thiocarbonyl (C=S) groups is 1. The van der Waals surface area contributed by atoms with Crippen LogP contribution in [0.25, 0.3) is 5.69 Å². The molecule has 0 radical (unpaired) electrons. The highest BCUT2D eigenvalue weighted by molar-refractivity contribution is 7.80. The first-order chi connectivity index (χ1) is 18.7. The van der Waals surface area contributed by atoms with E-state index in [1.54, 1.807) is 0 Å². The maximum Gasteiger partial charge on any atom is 0.174 e. The molecule has 38 heavy (non-hydrogen) atoms. The molecule has 2 fully saturated rings. The average Bonchev–Trinajstić information content (AvgIpc) is 3.71. The quantitative estimate of drug-likeness (QED) is 0.257. The Morgan fingerprint density at radius 1 is 0.895 bits per heavy atom. The molecule has 1 saturated carbocycles. The number of nitrogens with zero attached hydrogens (tertiary/aromatic N) is 3. The number of aromatic nitrogens is 2. The lowest BCUT2D eigenvalue weighted by atomic mass is 10.0. The Labute approximate surface area is 229 Å². The first kappa shape index (κ1) is 24.5. The minimum absolute atomic E-state index is 0.111. The van der Waals surface area contributed by atoms with Crippen LogP contribution in [-0.4, -0.2) is 27.4 Å². The number of nitrogens with one attached hydrogen (secondary N) is 1. The highest BCUT2D eigenvalue weighted by Gasteiger charge is 2.42. The van der Waals surface area contributed by atoms with Crippen LogP contribution in [0.2, 0.25) is 0 Å². The predicted molar refractivity (Wildman–Crippen MR) is 154 cm³/mol. The monoisotopic (exact) mass is 524 g/mol. The van der Waals surface area contributed by atoms with Gasteiger partial charge in [0.25, 0.3) is 0 Å². The Bertz CT molecular complexity index is 1370. The lowest BCUT2D eigenvalue weighted by Crippen LogP contribution is -2.30. The second-order valence-corrected chi connectivity index (χ2v) is 10.1. The SMILES string of the molecule is CCOc1ccc(-n2cccc2[C@H]2[C@@H](c3ccccn3)NC(=S)N2c2ccc(OC3CCCC3)cc2)cc1. The number of benzene rings is 2. The summed E-state index contributed by atoms with van der Waals surface area (Å²) in [6.45, 7) is 2.64. The molecular weight excluding hydrogens is 492 g/mol. The van der Waals surface area contributed by atoms with E-state index in [-0.39, 0.29) is 12.1 Å². The maximum atomic E-state index is 6.22. The van der Waals surface area contributed by atoms with E-state index in [2.05, 4.69) is 75.6 Å². The zero-order valence-corrected chi connectivity index (χ0v) is 22.3. The molecule has 1 N–H and O–H groups in total. The third-order valence-electron chi connectivity index (χ3n) is 7.33. The second-order valence-electron chi connectivity index (χ2n) is 9.74. The van der Waals surface area contributed by atoms with E-state index in [1.807, 2.05) is 37.4 Å². The summed E-state index contributed by atoms with van der Waals surface area (Å²) in [4.78, 5) is 6.90. The van der Waals surface area contributed by atoms with Crippen LogP contribution in [0.4, 0.5) is 5.69 Å². The van der Waals surface area contributed by atoms with Crippen LogP contribution >= 0.6 is 12.2 Å². The molecule has 2 aliphatic rings. The molecule has 0 bridgehead atoms. The molecule has 0 amide bonds. The zero-order chi connectivity index (χ0) is 25.9. The van der Waals surface area contributed by atoms with Gasteiger partial charge in [0.2, 0.25) is 0 Å². The average molecular weight is 525 g/mol. The van der Waals surface area contributed by atoms with Crippen molar-refractivity contribution in [2.45, 2.75) is 50.8 Å². The molecule has 2 atom stereocenters. The molecular formula is C31H32N4O2S. The van der Waals surface area contributed by atoms with E-state index >= 15 is 0 Å². The van der Waals surface area contributed by atoms with Crippen LogP contribution in [-0.2, 0) is 0 Å². The van der Waals surface area contributed by atoms with Gasteiger partial charge in [0.1, 0.15) is 17.5 Å². The van der Waals surface area contributed by atoms with Crippen LogP contribution in [0.15, 0.2) is 91.3 Å². The number of rotatable bonds is 8. The van der Waals surface area contributed by atoms with Gasteiger partial charge in [-0.1, -0.05) is 6.07 Å². The molecule has 1 aliphatic carbocycles. The Morgan fingerprint density at radius 2 is 1.63 bits per heavy atom. The number of anilines is 1. The standard InChI is InChI=1S/C31H32N4O2S/c1-2-36-24-16-12-22(13-17-24)34-21-7-11-28(34)30-29(27-10-5-6-20-32-27)33-31(38)35(30)23-14-18-26(19-15-23)37-25-8-3-4-9-25/h5-7,10-21,25,29-30H,2-4,8-9H2,1H3,(H,33,38)/t29-,30+/m1/s1. The molecule has 194 valence electrons. The second kappa shape index (κ2) is 10.9. The molecule has 1 saturated heterocycles. The third-order valence-corrected chi connectivity index (χ3v) is 7.64. The Hall–Kier alpha value is -3.84. The highest BCUT2D eigenvalue weighted by atomic mass is 32.1. The van der Waals surface area contributed by atoms with Crippen molar-refractivity contribution in [3.05, 3.63) is 103 Å². The normalized spacial score (nSPS) is 19.5. The highest BCUT2D eigenvalue weighted by Crippen LogP contribution is 2.42. The van der Waals surface area contributed by atoms with Gasteiger partial charge >= 0.3 is 0 Å². The van der Waals surface area contributed by atoms with Crippen LogP contribution in [0.5, 0.6) is 11.5 Å². The molecule has 0 spiro atoms. The number of hydrogen-bond acceptors (Lipinski definition) is 4. The van der Waals surface area contributed by atoms with Crippen molar-refractivity contribution in [1.29, 1.82) is 0 Å². The zero-order valence-electron chi connectivity index (χ0n) is 21.5. The molecule has 7 heteroatoms. The van der Waals surface area contributed by atoms with Gasteiger partial charge in [0.05, 0.1) is 24.4 Å². The van der Waals surface area contributed by atoms with Crippen molar-refractivity contribution in [2.24, 2.45) is 0 Å². The largest absolute Gasteiger partial charge is 0.494 e. The number of pyridine rings is 1. The Morgan fingerprint density at radius 3 is 2.34 bits per heavy atom. The smallest absolute Gasteiger partial charge is 0.174 e. The summed E-state index contributed by atoms with van der Waals surface area (Å²) in [7, 11) is 0. The van der Waals surface area contributed by atoms with Crippen LogP contribution in [0.1, 0.15) is 56.1 Å². The van der Waals surface area contributed by atoms with Crippen molar-refractivity contribution >= 4 is 23.0 Å². The molecule has 2 aromatic heterocycles. The summed E-state index contributed by atoms with van der Waals surface area (Å²) in [6, 6.07) is 26.6. The summed E-state index contributed by atoms with van der Waals surface area (Å²) >= 11 is 5.94. The van der Waals surface area contributed by atoms with Gasteiger partial charge in [0.15, 0.2) is 5.11 Å². The minimum atomic E-state index is -0.116. The molecule has 6 nitrogen and oxygen atoms in total. The van der Waals surface area contributed by atoms with Crippen molar-refractivity contribution in [2.75, 3.05) is 11.5 Å². The van der Waals surface area contributed by atoms with E-state index in [9.17, 15) is 0 Å². The van der Waals surface area contributed by atoms with Crippen LogP contribution in [0.3, 0.4) is 0 Å². The van der Waals surface area contributed by atoms with E-state index in [1.165, 1.54) is 12.8 Å². The molecule has 1 aliphatic heterocycles. The fourth-order valence-corrected chi connectivity index (χ4v) is 5.90. The molecule has 3 heterocycles. The van der Waals surface area contributed by atoms with Crippen LogP contribution in [0, 0.1) is 0 Å². The Balaban J connectivity index is 1.37. The van der Waals surface area contributed by atoms with Gasteiger partial charge in [-0.05, 0) is 118 Å². The van der Waals surface area contributed by atoms with Crippen LogP contribution < -0.4 is 19.7 Å². The summed E-state index contributed by atoms with van der Waals surface area (Å²) in [5.41, 5.74) is 4.14. The summed E-state index contributed by atoms with van der Waals surface area (Å²) < 4.78 is 14.1. The van der Waals surface area contributed by atoms with Crippen molar-refractivity contribution in [1.82, 2.24) is 14.9 Å². The van der Waals surface area contributed by atoms with Crippen molar-refractivity contribution in [3.63, 3.8) is 0 Å². The predicted octanol–water partition coefficient (Wildman–Crippen LogP) is 6.77. The Kier molecular flexibility index (Phi) is 7.01. The number of ether oxygens (including phenoxy) is 2.